The van der Waals surface area contributed by atoms with E-state index in [4.69, 9.17) is 0 Å². The van der Waals surface area contributed by atoms with Crippen LogP contribution in [0, 0.1) is 12.7 Å². The summed E-state index contributed by atoms with van der Waals surface area (Å²) in [5, 5.41) is 0. The van der Waals surface area contributed by atoms with Gasteiger partial charge in [0.15, 0.2) is 0 Å². The van der Waals surface area contributed by atoms with Crippen LogP contribution < -0.4 is 9.62 Å². The lowest BCUT2D eigenvalue weighted by Gasteiger charge is -2.36. The van der Waals surface area contributed by atoms with Crippen molar-refractivity contribution in [3.63, 3.8) is 0 Å². The molecular formula is C19H22FN3O3S. The van der Waals surface area contributed by atoms with E-state index < -0.39 is 10.0 Å². The molecule has 1 aliphatic heterocycles. The predicted molar refractivity (Wildman–Crippen MR) is 104 cm³/mol. The Labute approximate surface area is 158 Å². The molecule has 0 spiro atoms. The van der Waals surface area contributed by atoms with Gasteiger partial charge in [-0.2, -0.15) is 0 Å². The smallest absolute Gasteiger partial charge is 0.253 e. The van der Waals surface area contributed by atoms with Crippen molar-refractivity contribution in [3.05, 3.63) is 59.4 Å². The molecule has 1 aliphatic rings. The van der Waals surface area contributed by atoms with E-state index in [0.29, 0.717) is 43.0 Å². The Morgan fingerprint density at radius 2 is 1.67 bits per heavy atom. The van der Waals surface area contributed by atoms with Crippen LogP contribution in [0.1, 0.15) is 15.9 Å². The monoisotopic (exact) mass is 391 g/mol. The Morgan fingerprint density at radius 1 is 1.04 bits per heavy atom. The second-order valence-corrected chi connectivity index (χ2v) is 8.41. The third-order valence-electron chi connectivity index (χ3n) is 4.53. The number of rotatable bonds is 4. The Kier molecular flexibility index (Phi) is 5.36. The molecule has 0 aromatic heterocycles. The summed E-state index contributed by atoms with van der Waals surface area (Å²) in [6, 6.07) is 11.3. The fourth-order valence-corrected chi connectivity index (χ4v) is 3.74. The molecule has 0 bridgehead atoms. The van der Waals surface area contributed by atoms with Crippen molar-refractivity contribution >= 4 is 27.3 Å². The minimum atomic E-state index is -3.36. The zero-order chi connectivity index (χ0) is 19.6. The van der Waals surface area contributed by atoms with Crippen molar-refractivity contribution in [3.8, 4) is 0 Å². The predicted octanol–water partition coefficient (Wildman–Crippen LogP) is 2.47. The molecule has 1 heterocycles. The van der Waals surface area contributed by atoms with Gasteiger partial charge in [-0.1, -0.05) is 0 Å². The van der Waals surface area contributed by atoms with E-state index in [1.807, 2.05) is 0 Å². The maximum atomic E-state index is 13.1. The Hall–Kier alpha value is -2.61. The normalized spacial score (nSPS) is 14.9. The quantitative estimate of drug-likeness (QED) is 0.869. The number of nitrogens with zero attached hydrogens (tertiary/aromatic N) is 2. The maximum Gasteiger partial charge on any atom is 0.253 e. The summed E-state index contributed by atoms with van der Waals surface area (Å²) in [6.45, 7) is 4.24. The van der Waals surface area contributed by atoms with Gasteiger partial charge in [0.1, 0.15) is 5.82 Å². The van der Waals surface area contributed by atoms with Crippen LogP contribution in [0.4, 0.5) is 15.8 Å². The van der Waals surface area contributed by atoms with Gasteiger partial charge in [-0.15, -0.1) is 0 Å². The lowest BCUT2D eigenvalue weighted by molar-refractivity contribution is 0.0746. The summed E-state index contributed by atoms with van der Waals surface area (Å²) in [6.07, 6.45) is 1.09. The summed E-state index contributed by atoms with van der Waals surface area (Å²) >= 11 is 0. The van der Waals surface area contributed by atoms with Gasteiger partial charge in [-0.3, -0.25) is 9.52 Å². The molecule has 0 aliphatic carbocycles. The van der Waals surface area contributed by atoms with E-state index in [0.717, 1.165) is 11.9 Å². The molecule has 6 nitrogen and oxygen atoms in total. The first-order chi connectivity index (χ1) is 12.7. The van der Waals surface area contributed by atoms with Crippen molar-refractivity contribution in [2.24, 2.45) is 0 Å². The van der Waals surface area contributed by atoms with Crippen molar-refractivity contribution < 1.29 is 17.6 Å². The fourth-order valence-electron chi connectivity index (χ4n) is 3.11. The van der Waals surface area contributed by atoms with Crippen LogP contribution in [0.25, 0.3) is 0 Å². The Bertz CT molecular complexity index is 937. The second kappa shape index (κ2) is 7.56. The van der Waals surface area contributed by atoms with E-state index >= 15 is 0 Å². The number of amides is 1. The molecule has 1 saturated heterocycles. The number of benzene rings is 2. The highest BCUT2D eigenvalue weighted by Gasteiger charge is 2.23. The summed E-state index contributed by atoms with van der Waals surface area (Å²) < 4.78 is 38.2. The molecule has 1 N–H and O–H groups in total. The SMILES string of the molecule is Cc1cc(C(=O)N2CCN(c3ccc(F)cc3)CC2)ccc1NS(C)(=O)=O. The highest BCUT2D eigenvalue weighted by Crippen LogP contribution is 2.21. The van der Waals surface area contributed by atoms with Crippen molar-refractivity contribution in [1.82, 2.24) is 4.90 Å². The van der Waals surface area contributed by atoms with Crippen LogP contribution >= 0.6 is 0 Å². The van der Waals surface area contributed by atoms with Crippen LogP contribution in [0.2, 0.25) is 0 Å². The number of hydrogen-bond donors (Lipinski definition) is 1. The van der Waals surface area contributed by atoms with Gasteiger partial charge in [-0.25, -0.2) is 12.8 Å². The lowest BCUT2D eigenvalue weighted by atomic mass is 10.1. The van der Waals surface area contributed by atoms with Gasteiger partial charge < -0.3 is 9.80 Å². The third kappa shape index (κ3) is 4.77. The first kappa shape index (κ1) is 19.2. The van der Waals surface area contributed by atoms with E-state index in [1.54, 1.807) is 42.2 Å². The number of aryl methyl sites for hydroxylation is 1. The van der Waals surface area contributed by atoms with Gasteiger partial charge in [0, 0.05) is 37.4 Å². The summed E-state index contributed by atoms with van der Waals surface area (Å²) in [5.74, 6) is -0.348. The molecule has 0 radical (unpaired) electrons. The van der Waals surface area contributed by atoms with E-state index in [2.05, 4.69) is 9.62 Å². The van der Waals surface area contributed by atoms with E-state index in [9.17, 15) is 17.6 Å². The highest BCUT2D eigenvalue weighted by molar-refractivity contribution is 7.92. The van der Waals surface area contributed by atoms with Gasteiger partial charge in [-0.05, 0) is 55.0 Å². The second-order valence-electron chi connectivity index (χ2n) is 6.66. The summed E-state index contributed by atoms with van der Waals surface area (Å²) in [4.78, 5) is 16.7. The van der Waals surface area contributed by atoms with Gasteiger partial charge >= 0.3 is 0 Å². The van der Waals surface area contributed by atoms with Crippen molar-refractivity contribution in [1.29, 1.82) is 0 Å². The summed E-state index contributed by atoms with van der Waals surface area (Å²) in [5.41, 5.74) is 2.63. The number of carbonyl (C=O) groups is 1. The van der Waals surface area contributed by atoms with Crippen molar-refractivity contribution in [2.45, 2.75) is 6.92 Å². The molecule has 27 heavy (non-hydrogen) atoms. The molecular weight excluding hydrogens is 369 g/mol. The zero-order valence-electron chi connectivity index (χ0n) is 15.3. The molecule has 144 valence electrons. The van der Waals surface area contributed by atoms with Crippen LogP contribution in [0.5, 0.6) is 0 Å². The molecule has 3 rings (SSSR count). The minimum Gasteiger partial charge on any atom is -0.368 e. The molecule has 1 fully saturated rings. The maximum absolute atomic E-state index is 13.1. The molecule has 2 aromatic rings. The molecule has 8 heteroatoms. The van der Waals surface area contributed by atoms with Gasteiger partial charge in [0.05, 0.1) is 11.9 Å². The van der Waals surface area contributed by atoms with Crippen LogP contribution in [-0.2, 0) is 10.0 Å². The van der Waals surface area contributed by atoms with Crippen LogP contribution in [0.3, 0.4) is 0 Å². The molecule has 1 amide bonds. The first-order valence-corrected chi connectivity index (χ1v) is 10.5. The first-order valence-electron chi connectivity index (χ1n) is 8.61. The number of hydrogen-bond acceptors (Lipinski definition) is 4. The number of nitrogens with one attached hydrogen (secondary N) is 1. The number of piperazine rings is 1. The van der Waals surface area contributed by atoms with E-state index in [1.165, 1.54) is 12.1 Å². The van der Waals surface area contributed by atoms with Crippen molar-refractivity contribution in [2.75, 3.05) is 42.1 Å². The van der Waals surface area contributed by atoms with Crippen LogP contribution in [0.15, 0.2) is 42.5 Å². The molecule has 2 aromatic carbocycles. The number of sulfonamides is 1. The number of anilines is 2. The summed E-state index contributed by atoms with van der Waals surface area (Å²) in [7, 11) is -3.36. The van der Waals surface area contributed by atoms with Gasteiger partial charge in [0.2, 0.25) is 10.0 Å². The zero-order valence-corrected chi connectivity index (χ0v) is 16.1. The number of halogens is 1. The molecule has 0 atom stereocenters. The largest absolute Gasteiger partial charge is 0.368 e. The average molecular weight is 391 g/mol. The van der Waals surface area contributed by atoms with Gasteiger partial charge in [0.25, 0.3) is 5.91 Å². The third-order valence-corrected chi connectivity index (χ3v) is 5.12. The minimum absolute atomic E-state index is 0.0808. The highest BCUT2D eigenvalue weighted by atomic mass is 32.2. The topological polar surface area (TPSA) is 69.7 Å². The fraction of sp³-hybridized carbons (Fsp3) is 0.316. The molecule has 0 unspecified atom stereocenters. The average Bonchev–Trinajstić information content (AvgIpc) is 2.62. The van der Waals surface area contributed by atoms with E-state index in [-0.39, 0.29) is 11.7 Å². The standard InChI is InChI=1S/C19H22FN3O3S/c1-14-13-15(3-8-18(14)21-27(2,25)26)19(24)23-11-9-22(10-12-23)17-6-4-16(20)5-7-17/h3-8,13,21H,9-12H2,1-2H3. The molecule has 0 saturated carbocycles. The lowest BCUT2D eigenvalue weighted by Crippen LogP contribution is -2.48. The number of carbonyl (C=O) groups excluding carboxylic acids is 1. The van der Waals surface area contributed by atoms with Crippen LogP contribution in [-0.4, -0.2) is 51.7 Å². The Balaban J connectivity index is 1.65. The Morgan fingerprint density at radius 3 is 2.22 bits per heavy atom.